The molecule has 0 saturated heterocycles. The highest BCUT2D eigenvalue weighted by Crippen LogP contribution is 2.44. The van der Waals surface area contributed by atoms with Crippen LogP contribution in [0.3, 0.4) is 0 Å². The number of para-hydroxylation sites is 1. The number of pyridine rings is 1. The molecule has 0 radical (unpaired) electrons. The zero-order valence-electron chi connectivity index (χ0n) is 30.8. The number of nitrogens with zero attached hydrogens (tertiary/aromatic N) is 3. The third kappa shape index (κ3) is 5.86. The Morgan fingerprint density at radius 1 is 0.316 bits per heavy atom. The van der Waals surface area contributed by atoms with Crippen molar-refractivity contribution in [3.63, 3.8) is 0 Å². The molecule has 11 aromatic rings. The van der Waals surface area contributed by atoms with Crippen LogP contribution < -0.4 is 0 Å². The standard InChI is InChI=1S/C53H33N3S/c1-4-14-35(15-5-1)40-20-10-11-21-41(40)47-33-46(55-53(56-47)38-18-8-3-9-19-38)36-26-24-34(25-27-36)39-28-30-48-44(32-39)51-49(57-48)31-29-43-50(51)42-22-12-13-23-45(42)54-52(43)37-16-6-2-7-17-37/h1-33H. The summed E-state index contributed by atoms with van der Waals surface area (Å²) in [6.45, 7) is 0. The van der Waals surface area contributed by atoms with Crippen LogP contribution in [-0.4, -0.2) is 15.0 Å². The first kappa shape index (κ1) is 33.1. The monoisotopic (exact) mass is 743 g/mol. The Bertz CT molecular complexity index is 3260. The molecule has 3 aromatic heterocycles. The molecule has 8 aromatic carbocycles. The lowest BCUT2D eigenvalue weighted by molar-refractivity contribution is 1.18. The molecule has 0 bridgehead atoms. The third-order valence-electron chi connectivity index (χ3n) is 10.9. The average Bonchev–Trinajstić information content (AvgIpc) is 3.68. The van der Waals surface area contributed by atoms with Gasteiger partial charge in [0.2, 0.25) is 0 Å². The SMILES string of the molecule is c1ccc(-c2nc(-c3ccc(-c4ccc5sc6ccc7c(-c8ccccc8)nc8ccccc8c7c6c5c4)cc3)cc(-c3ccccc3-c3ccccc3)n2)cc1. The zero-order valence-corrected chi connectivity index (χ0v) is 31.6. The summed E-state index contributed by atoms with van der Waals surface area (Å²) < 4.78 is 2.56. The van der Waals surface area contributed by atoms with Gasteiger partial charge < -0.3 is 0 Å². The number of rotatable bonds is 6. The largest absolute Gasteiger partial charge is 0.247 e. The van der Waals surface area contributed by atoms with Gasteiger partial charge in [-0.25, -0.2) is 15.0 Å². The van der Waals surface area contributed by atoms with Crippen molar-refractivity contribution in [2.45, 2.75) is 0 Å². The maximum atomic E-state index is 5.20. The summed E-state index contributed by atoms with van der Waals surface area (Å²) >= 11 is 1.85. The fourth-order valence-corrected chi connectivity index (χ4v) is 9.26. The molecule has 3 heterocycles. The normalized spacial score (nSPS) is 11.5. The van der Waals surface area contributed by atoms with Crippen LogP contribution in [0.2, 0.25) is 0 Å². The highest BCUT2D eigenvalue weighted by Gasteiger charge is 2.18. The Hall–Kier alpha value is -7.27. The fraction of sp³-hybridized carbons (Fsp3) is 0. The molecule has 0 fully saturated rings. The minimum absolute atomic E-state index is 0.704. The van der Waals surface area contributed by atoms with E-state index in [4.69, 9.17) is 15.0 Å². The van der Waals surface area contributed by atoms with Gasteiger partial charge in [-0.2, -0.15) is 0 Å². The van der Waals surface area contributed by atoms with Crippen molar-refractivity contribution in [3.05, 3.63) is 200 Å². The van der Waals surface area contributed by atoms with E-state index in [0.29, 0.717) is 5.82 Å². The first-order chi connectivity index (χ1) is 28.2. The van der Waals surface area contributed by atoms with Gasteiger partial charge in [0, 0.05) is 58.6 Å². The van der Waals surface area contributed by atoms with Crippen LogP contribution in [0, 0.1) is 0 Å². The molecule has 0 spiro atoms. The second kappa shape index (κ2) is 13.8. The van der Waals surface area contributed by atoms with Crippen molar-refractivity contribution in [1.82, 2.24) is 15.0 Å². The molecule has 0 aliphatic heterocycles. The quantitative estimate of drug-likeness (QED) is 0.159. The Labute approximate surface area is 334 Å². The summed E-state index contributed by atoms with van der Waals surface area (Å²) in [5.74, 6) is 0.704. The van der Waals surface area contributed by atoms with E-state index in [1.807, 2.05) is 29.5 Å². The van der Waals surface area contributed by atoms with Crippen molar-refractivity contribution >= 4 is 53.2 Å². The molecule has 11 rings (SSSR count). The molecule has 0 atom stereocenters. The molecular formula is C53H33N3S. The first-order valence-corrected chi connectivity index (χ1v) is 20.0. The minimum Gasteiger partial charge on any atom is -0.247 e. The van der Waals surface area contributed by atoms with Crippen LogP contribution in [0.15, 0.2) is 200 Å². The number of fused-ring (bicyclic) bond motifs is 7. The molecule has 4 heteroatoms. The van der Waals surface area contributed by atoms with Gasteiger partial charge in [-0.15, -0.1) is 11.3 Å². The molecule has 0 aliphatic carbocycles. The summed E-state index contributed by atoms with van der Waals surface area (Å²) in [5.41, 5.74) is 12.7. The molecular weight excluding hydrogens is 711 g/mol. The van der Waals surface area contributed by atoms with Gasteiger partial charge in [-0.3, -0.25) is 0 Å². The summed E-state index contributed by atoms with van der Waals surface area (Å²) in [7, 11) is 0. The molecule has 57 heavy (non-hydrogen) atoms. The molecule has 266 valence electrons. The van der Waals surface area contributed by atoms with Crippen molar-refractivity contribution in [2.24, 2.45) is 0 Å². The van der Waals surface area contributed by atoms with Crippen LogP contribution in [-0.2, 0) is 0 Å². The zero-order chi connectivity index (χ0) is 37.7. The minimum atomic E-state index is 0.704. The third-order valence-corrected chi connectivity index (χ3v) is 12.0. The van der Waals surface area contributed by atoms with Crippen molar-refractivity contribution in [2.75, 3.05) is 0 Å². The smallest absolute Gasteiger partial charge is 0.160 e. The first-order valence-electron chi connectivity index (χ1n) is 19.2. The maximum absolute atomic E-state index is 5.20. The Morgan fingerprint density at radius 2 is 0.912 bits per heavy atom. The van der Waals surface area contributed by atoms with Gasteiger partial charge in [0.15, 0.2) is 5.82 Å². The molecule has 0 aliphatic rings. The molecule has 0 saturated carbocycles. The Morgan fingerprint density at radius 3 is 1.68 bits per heavy atom. The summed E-state index contributed by atoms with van der Waals surface area (Å²) in [6, 6.07) is 70.7. The van der Waals surface area contributed by atoms with Gasteiger partial charge in [-0.1, -0.05) is 170 Å². The Balaban J connectivity index is 1.04. The van der Waals surface area contributed by atoms with Crippen LogP contribution >= 0.6 is 11.3 Å². The highest BCUT2D eigenvalue weighted by atomic mass is 32.1. The van der Waals surface area contributed by atoms with E-state index in [1.165, 1.54) is 41.9 Å². The van der Waals surface area contributed by atoms with Gasteiger partial charge in [0.05, 0.1) is 22.6 Å². The number of hydrogen-bond donors (Lipinski definition) is 0. The number of aromatic nitrogens is 3. The molecule has 0 unspecified atom stereocenters. The van der Waals surface area contributed by atoms with Crippen LogP contribution in [0.25, 0.3) is 109 Å². The van der Waals surface area contributed by atoms with Crippen molar-refractivity contribution < 1.29 is 0 Å². The number of benzene rings is 8. The summed E-state index contributed by atoms with van der Waals surface area (Å²) in [4.78, 5) is 15.5. The van der Waals surface area contributed by atoms with E-state index in [0.717, 1.165) is 61.5 Å². The van der Waals surface area contributed by atoms with E-state index in [1.54, 1.807) is 0 Å². The van der Waals surface area contributed by atoms with E-state index >= 15 is 0 Å². The molecule has 3 nitrogen and oxygen atoms in total. The number of hydrogen-bond acceptors (Lipinski definition) is 4. The fourth-order valence-electron chi connectivity index (χ4n) is 8.16. The predicted octanol–water partition coefficient (Wildman–Crippen LogP) is 14.5. The topological polar surface area (TPSA) is 38.7 Å². The second-order valence-corrected chi connectivity index (χ2v) is 15.4. The van der Waals surface area contributed by atoms with Crippen LogP contribution in [0.5, 0.6) is 0 Å². The van der Waals surface area contributed by atoms with E-state index in [2.05, 4.69) is 182 Å². The number of thiophene rings is 1. The van der Waals surface area contributed by atoms with Crippen molar-refractivity contribution in [3.8, 4) is 67.4 Å². The van der Waals surface area contributed by atoms with Crippen molar-refractivity contribution in [1.29, 1.82) is 0 Å². The maximum Gasteiger partial charge on any atom is 0.160 e. The second-order valence-electron chi connectivity index (χ2n) is 14.3. The highest BCUT2D eigenvalue weighted by molar-refractivity contribution is 7.26. The average molecular weight is 744 g/mol. The molecule has 0 amide bonds. The summed E-state index contributed by atoms with van der Waals surface area (Å²) in [5, 5.41) is 6.17. The van der Waals surface area contributed by atoms with Gasteiger partial charge in [0.25, 0.3) is 0 Å². The van der Waals surface area contributed by atoms with E-state index < -0.39 is 0 Å². The predicted molar refractivity (Wildman–Crippen MR) is 240 cm³/mol. The Kier molecular flexibility index (Phi) is 8.01. The lowest BCUT2D eigenvalue weighted by Gasteiger charge is -2.13. The lowest BCUT2D eigenvalue weighted by Crippen LogP contribution is -1.97. The van der Waals surface area contributed by atoms with Gasteiger partial charge in [-0.05, 0) is 52.6 Å². The lowest BCUT2D eigenvalue weighted by atomic mass is 9.95. The van der Waals surface area contributed by atoms with Gasteiger partial charge in [0.1, 0.15) is 0 Å². The van der Waals surface area contributed by atoms with E-state index in [-0.39, 0.29) is 0 Å². The molecule has 0 N–H and O–H groups in total. The summed E-state index contributed by atoms with van der Waals surface area (Å²) in [6.07, 6.45) is 0. The van der Waals surface area contributed by atoms with Gasteiger partial charge >= 0.3 is 0 Å². The van der Waals surface area contributed by atoms with Crippen LogP contribution in [0.1, 0.15) is 0 Å². The van der Waals surface area contributed by atoms with E-state index in [9.17, 15) is 0 Å². The van der Waals surface area contributed by atoms with Crippen LogP contribution in [0.4, 0.5) is 0 Å².